The molecule has 1 amide bonds. The standard InChI is InChI=1S/C18H33ClN2O6S/c1-5-6-10-7-11(21(3)8-10)17(25)20-12(9(2)19)16-14(23)13(22)15(24)18(27-16)28(4)26/h9-16,18,22-24H,5-8H2,1-4H3,(H,20,25)/t9-,10+,11+,12+,13-,14+,15+,16-,18+,28-/m0/s1. The Morgan fingerprint density at radius 2 is 1.96 bits per heavy atom. The summed E-state index contributed by atoms with van der Waals surface area (Å²) in [6.07, 6.45) is -1.41. The number of carbonyl (C=O) groups excluding carboxylic acids is 1. The summed E-state index contributed by atoms with van der Waals surface area (Å²) >= 11 is 6.28. The maximum absolute atomic E-state index is 12.9. The van der Waals surface area contributed by atoms with Gasteiger partial charge in [0.15, 0.2) is 5.44 Å². The van der Waals surface area contributed by atoms with Crippen molar-refractivity contribution in [3.05, 3.63) is 0 Å². The molecule has 2 aliphatic rings. The van der Waals surface area contributed by atoms with Crippen molar-refractivity contribution in [1.29, 1.82) is 0 Å². The summed E-state index contributed by atoms with van der Waals surface area (Å²) in [6.45, 7) is 4.61. The summed E-state index contributed by atoms with van der Waals surface area (Å²) in [6, 6.07) is -1.13. The second-order valence-electron chi connectivity index (χ2n) is 8.00. The largest absolute Gasteiger partial charge is 0.388 e. The van der Waals surface area contributed by atoms with Crippen LogP contribution in [0.5, 0.6) is 0 Å². The number of hydrogen-bond donors (Lipinski definition) is 4. The molecule has 2 saturated heterocycles. The van der Waals surface area contributed by atoms with Gasteiger partial charge < -0.3 is 25.4 Å². The molecule has 2 aliphatic heterocycles. The maximum Gasteiger partial charge on any atom is 0.237 e. The molecule has 0 aromatic carbocycles. The van der Waals surface area contributed by atoms with E-state index in [0.717, 1.165) is 25.8 Å². The van der Waals surface area contributed by atoms with Gasteiger partial charge in [-0.1, -0.05) is 13.3 Å². The number of ether oxygens (including phenoxy) is 1. The van der Waals surface area contributed by atoms with Crippen molar-refractivity contribution >= 4 is 28.3 Å². The lowest BCUT2D eigenvalue weighted by molar-refractivity contribution is -0.206. The van der Waals surface area contributed by atoms with Crippen molar-refractivity contribution in [2.75, 3.05) is 19.8 Å². The molecule has 10 atom stereocenters. The number of hydrogen-bond acceptors (Lipinski definition) is 7. The van der Waals surface area contributed by atoms with Crippen LogP contribution >= 0.6 is 11.6 Å². The highest BCUT2D eigenvalue weighted by molar-refractivity contribution is 7.84. The Hall–Kier alpha value is -0.290. The number of likely N-dealkylation sites (N-methyl/N-ethyl adjacent to an activating group) is 1. The summed E-state index contributed by atoms with van der Waals surface area (Å²) in [5, 5.41) is 32.8. The van der Waals surface area contributed by atoms with Crippen molar-refractivity contribution in [2.24, 2.45) is 5.92 Å². The molecule has 0 bridgehead atoms. The van der Waals surface area contributed by atoms with E-state index >= 15 is 0 Å². The first kappa shape index (κ1) is 24.0. The highest BCUT2D eigenvalue weighted by Crippen LogP contribution is 2.29. The second-order valence-corrected chi connectivity index (χ2v) is 10.1. The molecular weight excluding hydrogens is 408 g/mol. The Bertz CT molecular complexity index is 568. The fourth-order valence-electron chi connectivity index (χ4n) is 4.19. The number of amides is 1. The second kappa shape index (κ2) is 10.1. The van der Waals surface area contributed by atoms with Gasteiger partial charge in [0.2, 0.25) is 5.91 Å². The van der Waals surface area contributed by atoms with Crippen LogP contribution in [0.2, 0.25) is 0 Å². The minimum absolute atomic E-state index is 0.218. The number of carbonyl (C=O) groups is 1. The number of likely N-dealkylation sites (tertiary alicyclic amines) is 1. The Morgan fingerprint density at radius 3 is 2.50 bits per heavy atom. The van der Waals surface area contributed by atoms with Gasteiger partial charge in [-0.2, -0.15) is 0 Å². The zero-order valence-electron chi connectivity index (χ0n) is 16.8. The van der Waals surface area contributed by atoms with Crippen LogP contribution in [0, 0.1) is 5.92 Å². The van der Waals surface area contributed by atoms with E-state index in [0.29, 0.717) is 5.92 Å². The van der Waals surface area contributed by atoms with Gasteiger partial charge in [-0.15, -0.1) is 11.6 Å². The van der Waals surface area contributed by atoms with E-state index in [-0.39, 0.29) is 11.9 Å². The molecule has 0 spiro atoms. The van der Waals surface area contributed by atoms with Gasteiger partial charge in [-0.05, 0) is 32.7 Å². The molecular formula is C18H33ClN2O6S. The van der Waals surface area contributed by atoms with Crippen molar-refractivity contribution in [3.8, 4) is 0 Å². The topological polar surface area (TPSA) is 119 Å². The first-order valence-electron chi connectivity index (χ1n) is 9.75. The van der Waals surface area contributed by atoms with Gasteiger partial charge in [-0.3, -0.25) is 13.9 Å². The van der Waals surface area contributed by atoms with E-state index in [1.165, 1.54) is 6.26 Å². The molecule has 0 aliphatic carbocycles. The van der Waals surface area contributed by atoms with Gasteiger partial charge >= 0.3 is 0 Å². The minimum Gasteiger partial charge on any atom is -0.388 e. The van der Waals surface area contributed by atoms with Gasteiger partial charge in [-0.25, -0.2) is 0 Å². The molecule has 2 fully saturated rings. The molecule has 4 N–H and O–H groups in total. The molecule has 0 saturated carbocycles. The van der Waals surface area contributed by atoms with Crippen LogP contribution < -0.4 is 5.32 Å². The maximum atomic E-state index is 12.9. The van der Waals surface area contributed by atoms with E-state index in [1.54, 1.807) is 6.92 Å². The van der Waals surface area contributed by atoms with Crippen LogP contribution in [0.25, 0.3) is 0 Å². The van der Waals surface area contributed by atoms with Crippen LogP contribution in [0.4, 0.5) is 0 Å². The van der Waals surface area contributed by atoms with Crippen LogP contribution in [-0.4, -0.2) is 97.5 Å². The number of nitrogens with one attached hydrogen (secondary N) is 1. The Morgan fingerprint density at radius 1 is 1.32 bits per heavy atom. The summed E-state index contributed by atoms with van der Waals surface area (Å²) < 4.78 is 17.5. The van der Waals surface area contributed by atoms with Crippen LogP contribution in [0.1, 0.15) is 33.1 Å². The SMILES string of the molecule is CCC[C@@H]1C[C@H](C(=O)N[C@@H]([C@@H]2O[C@H]([S@](C)=O)[C@H](O)[C@@H](O)[C@H]2O)[C@H](C)Cl)N(C)C1. The molecule has 0 aromatic heterocycles. The number of nitrogens with zero attached hydrogens (tertiary/aromatic N) is 1. The van der Waals surface area contributed by atoms with E-state index in [9.17, 15) is 24.3 Å². The number of alkyl halides is 1. The van der Waals surface area contributed by atoms with E-state index in [1.807, 2.05) is 11.9 Å². The summed E-state index contributed by atoms with van der Waals surface area (Å²) in [5.74, 6) is 0.238. The Kier molecular flexibility index (Phi) is 8.69. The lowest BCUT2D eigenvalue weighted by Gasteiger charge is -2.43. The third-order valence-corrected chi connectivity index (χ3v) is 7.04. The fourth-order valence-corrected chi connectivity index (χ4v) is 5.24. The number of aliphatic hydroxyl groups is 3. The van der Waals surface area contributed by atoms with Crippen molar-refractivity contribution in [2.45, 2.75) is 80.4 Å². The number of rotatable bonds is 7. The Balaban J connectivity index is 2.14. The van der Waals surface area contributed by atoms with Crippen LogP contribution in [0.3, 0.4) is 0 Å². The highest BCUT2D eigenvalue weighted by atomic mass is 35.5. The third-order valence-electron chi connectivity index (χ3n) is 5.73. The molecule has 10 heteroatoms. The smallest absolute Gasteiger partial charge is 0.237 e. The number of aliphatic hydroxyl groups excluding tert-OH is 3. The highest BCUT2D eigenvalue weighted by Gasteiger charge is 2.49. The molecule has 0 unspecified atom stereocenters. The van der Waals surface area contributed by atoms with Gasteiger partial charge in [0, 0.05) is 12.8 Å². The molecule has 2 rings (SSSR count). The quantitative estimate of drug-likeness (QED) is 0.390. The lowest BCUT2D eigenvalue weighted by Crippen LogP contribution is -2.66. The normalized spacial score (nSPS) is 40.1. The molecule has 0 radical (unpaired) electrons. The Labute approximate surface area is 174 Å². The average molecular weight is 441 g/mol. The molecule has 2 heterocycles. The zero-order valence-corrected chi connectivity index (χ0v) is 18.4. The predicted octanol–water partition coefficient (Wildman–Crippen LogP) is -0.595. The fraction of sp³-hybridized carbons (Fsp3) is 0.944. The van der Waals surface area contributed by atoms with Crippen LogP contribution in [0.15, 0.2) is 0 Å². The van der Waals surface area contributed by atoms with Crippen molar-refractivity contribution < 1.29 is 29.1 Å². The van der Waals surface area contributed by atoms with E-state index < -0.39 is 52.1 Å². The van der Waals surface area contributed by atoms with Crippen LogP contribution in [-0.2, 0) is 20.3 Å². The molecule has 0 aromatic rings. The zero-order chi connectivity index (χ0) is 21.2. The lowest BCUT2D eigenvalue weighted by atomic mass is 9.92. The first-order chi connectivity index (χ1) is 13.1. The van der Waals surface area contributed by atoms with Crippen molar-refractivity contribution in [1.82, 2.24) is 10.2 Å². The van der Waals surface area contributed by atoms with Gasteiger partial charge in [0.05, 0.1) is 28.3 Å². The first-order valence-corrected chi connectivity index (χ1v) is 11.8. The molecule has 28 heavy (non-hydrogen) atoms. The van der Waals surface area contributed by atoms with Crippen molar-refractivity contribution in [3.63, 3.8) is 0 Å². The number of halogens is 1. The van der Waals surface area contributed by atoms with E-state index in [4.69, 9.17) is 16.3 Å². The average Bonchev–Trinajstić information content (AvgIpc) is 2.98. The summed E-state index contributed by atoms with van der Waals surface area (Å²) in [4.78, 5) is 14.9. The third kappa shape index (κ3) is 5.24. The molecule has 164 valence electrons. The summed E-state index contributed by atoms with van der Waals surface area (Å²) in [5.41, 5.74) is -1.18. The van der Waals surface area contributed by atoms with Gasteiger partial charge in [0.1, 0.15) is 24.4 Å². The summed E-state index contributed by atoms with van der Waals surface area (Å²) in [7, 11) is 0.301. The predicted molar refractivity (Wildman–Crippen MR) is 107 cm³/mol. The molecule has 8 nitrogen and oxygen atoms in total. The minimum atomic E-state index is -1.60. The van der Waals surface area contributed by atoms with Gasteiger partial charge in [0.25, 0.3) is 0 Å². The van der Waals surface area contributed by atoms with E-state index in [2.05, 4.69) is 12.2 Å². The monoisotopic (exact) mass is 440 g/mol.